The molecule has 13 heavy (non-hydrogen) atoms. The smallest absolute Gasteiger partial charge is 0.242 e. The van der Waals surface area contributed by atoms with E-state index in [9.17, 15) is 4.79 Å². The van der Waals surface area contributed by atoms with Crippen molar-refractivity contribution in [1.29, 1.82) is 0 Å². The summed E-state index contributed by atoms with van der Waals surface area (Å²) in [5.74, 6) is 0. The quantitative estimate of drug-likeness (QED) is 0.809. The summed E-state index contributed by atoms with van der Waals surface area (Å²) in [6.45, 7) is 0. The second-order valence-corrected chi connectivity index (χ2v) is 2.56. The molecule has 0 bridgehead atoms. The second-order valence-electron chi connectivity index (χ2n) is 2.19. The Morgan fingerprint density at radius 1 is 1.23 bits per heavy atom. The Kier molecular flexibility index (Phi) is 8.37. The maximum atomic E-state index is 10.6. The Balaban J connectivity index is 0. The fraction of sp³-hybridized carbons (Fsp3) is 0.125. The van der Waals surface area contributed by atoms with Crippen molar-refractivity contribution in [2.75, 3.05) is 0 Å². The molecule has 0 fully saturated rings. The molecule has 0 radical (unpaired) electrons. The van der Waals surface area contributed by atoms with Crippen LogP contribution in [0.15, 0.2) is 30.3 Å². The van der Waals surface area contributed by atoms with Crippen molar-refractivity contribution in [3.8, 4) is 0 Å². The molecule has 0 saturated heterocycles. The fourth-order valence-electron chi connectivity index (χ4n) is 0.791. The number of nitrogens with two attached hydrogens (primary N) is 1. The third kappa shape index (κ3) is 4.48. The van der Waals surface area contributed by atoms with Gasteiger partial charge in [-0.15, -0.1) is 24.8 Å². The molecule has 0 aromatic heterocycles. The van der Waals surface area contributed by atoms with Crippen molar-refractivity contribution < 1.29 is 4.79 Å². The standard InChI is InChI=1S/C8H8ClNO.2ClH/c9-8(11)7(10)6-4-2-1-3-5-6;;/h1-5,7H,10H2;2*1H. The molecule has 1 aromatic rings. The van der Waals surface area contributed by atoms with Crippen LogP contribution in [0.1, 0.15) is 11.6 Å². The Hall–Kier alpha value is -0.280. The van der Waals surface area contributed by atoms with Crippen LogP contribution in [-0.4, -0.2) is 5.24 Å². The van der Waals surface area contributed by atoms with Crippen LogP contribution in [0.4, 0.5) is 0 Å². The predicted molar refractivity (Wildman–Crippen MR) is 58.7 cm³/mol. The average Bonchev–Trinajstić information content (AvgIpc) is 2.05. The van der Waals surface area contributed by atoms with E-state index in [2.05, 4.69) is 0 Å². The number of halogens is 3. The van der Waals surface area contributed by atoms with Crippen molar-refractivity contribution in [3.05, 3.63) is 35.9 Å². The van der Waals surface area contributed by atoms with Crippen LogP contribution in [0.25, 0.3) is 0 Å². The highest BCUT2D eigenvalue weighted by atomic mass is 35.5. The van der Waals surface area contributed by atoms with Gasteiger partial charge in [-0.2, -0.15) is 0 Å². The van der Waals surface area contributed by atoms with E-state index in [0.717, 1.165) is 5.56 Å². The molecule has 0 aliphatic rings. The lowest BCUT2D eigenvalue weighted by atomic mass is 10.1. The molecular weight excluding hydrogens is 232 g/mol. The van der Waals surface area contributed by atoms with E-state index >= 15 is 0 Å². The highest BCUT2D eigenvalue weighted by Gasteiger charge is 2.11. The molecule has 2 nitrogen and oxygen atoms in total. The van der Waals surface area contributed by atoms with E-state index in [0.29, 0.717) is 0 Å². The van der Waals surface area contributed by atoms with Gasteiger partial charge < -0.3 is 5.73 Å². The molecule has 0 spiro atoms. The van der Waals surface area contributed by atoms with Gasteiger partial charge in [0.05, 0.1) is 0 Å². The normalized spacial score (nSPS) is 10.6. The van der Waals surface area contributed by atoms with Gasteiger partial charge in [-0.05, 0) is 17.2 Å². The Morgan fingerprint density at radius 2 is 1.69 bits per heavy atom. The Bertz CT molecular complexity index is 253. The first-order chi connectivity index (χ1) is 5.22. The van der Waals surface area contributed by atoms with Gasteiger partial charge >= 0.3 is 0 Å². The van der Waals surface area contributed by atoms with Crippen molar-refractivity contribution in [2.45, 2.75) is 6.04 Å². The number of hydrogen-bond acceptors (Lipinski definition) is 2. The molecule has 0 aliphatic carbocycles. The van der Waals surface area contributed by atoms with Crippen LogP contribution in [0.2, 0.25) is 0 Å². The minimum absolute atomic E-state index is 0. The number of carbonyl (C=O) groups is 1. The van der Waals surface area contributed by atoms with Crippen LogP contribution in [0, 0.1) is 0 Å². The third-order valence-electron chi connectivity index (χ3n) is 1.40. The van der Waals surface area contributed by atoms with Gasteiger partial charge in [0.2, 0.25) is 5.24 Å². The summed E-state index contributed by atoms with van der Waals surface area (Å²) in [6.07, 6.45) is 0. The zero-order chi connectivity index (χ0) is 8.27. The molecule has 74 valence electrons. The van der Waals surface area contributed by atoms with Crippen LogP contribution >= 0.6 is 36.4 Å². The van der Waals surface area contributed by atoms with E-state index in [1.807, 2.05) is 18.2 Å². The summed E-state index contributed by atoms with van der Waals surface area (Å²) in [7, 11) is 0. The highest BCUT2D eigenvalue weighted by molar-refractivity contribution is 6.64. The number of rotatable bonds is 2. The van der Waals surface area contributed by atoms with E-state index in [1.165, 1.54) is 0 Å². The first kappa shape index (κ1) is 15.2. The van der Waals surface area contributed by atoms with Gasteiger partial charge in [0, 0.05) is 0 Å². The summed E-state index contributed by atoms with van der Waals surface area (Å²) in [6, 6.07) is 8.33. The van der Waals surface area contributed by atoms with Gasteiger partial charge in [-0.3, -0.25) is 4.79 Å². The largest absolute Gasteiger partial charge is 0.317 e. The van der Waals surface area contributed by atoms with E-state index < -0.39 is 11.3 Å². The molecule has 1 aromatic carbocycles. The van der Waals surface area contributed by atoms with Crippen molar-refractivity contribution in [2.24, 2.45) is 5.73 Å². The predicted octanol–water partition coefficient (Wildman–Crippen LogP) is 2.30. The minimum atomic E-state index is -0.696. The summed E-state index contributed by atoms with van der Waals surface area (Å²) < 4.78 is 0. The topological polar surface area (TPSA) is 43.1 Å². The molecule has 0 aliphatic heterocycles. The molecule has 2 N–H and O–H groups in total. The van der Waals surface area contributed by atoms with Crippen LogP contribution < -0.4 is 5.73 Å². The minimum Gasteiger partial charge on any atom is -0.317 e. The summed E-state index contributed by atoms with van der Waals surface area (Å²) in [5, 5.41) is -0.531. The maximum absolute atomic E-state index is 10.6. The van der Waals surface area contributed by atoms with E-state index in [-0.39, 0.29) is 24.8 Å². The van der Waals surface area contributed by atoms with E-state index in [4.69, 9.17) is 17.3 Å². The first-order valence-corrected chi connectivity index (χ1v) is 3.59. The maximum Gasteiger partial charge on any atom is 0.242 e. The molecule has 5 heteroatoms. The number of carbonyl (C=O) groups excluding carboxylic acids is 1. The zero-order valence-electron chi connectivity index (χ0n) is 6.64. The molecule has 0 heterocycles. The SMILES string of the molecule is Cl.Cl.NC(C(=O)Cl)c1ccccc1. The number of hydrogen-bond donors (Lipinski definition) is 1. The molecular formula is C8H10Cl3NO. The second kappa shape index (κ2) is 7.15. The van der Waals surface area contributed by atoms with Gasteiger partial charge in [0.1, 0.15) is 6.04 Å². The van der Waals surface area contributed by atoms with Crippen molar-refractivity contribution in [1.82, 2.24) is 0 Å². The molecule has 0 saturated carbocycles. The van der Waals surface area contributed by atoms with Gasteiger partial charge in [-0.25, -0.2) is 0 Å². The average molecular weight is 243 g/mol. The zero-order valence-corrected chi connectivity index (χ0v) is 9.03. The summed E-state index contributed by atoms with van der Waals surface area (Å²) in [5.41, 5.74) is 6.20. The summed E-state index contributed by atoms with van der Waals surface area (Å²) in [4.78, 5) is 10.6. The van der Waals surface area contributed by atoms with Crippen LogP contribution in [0.3, 0.4) is 0 Å². The Morgan fingerprint density at radius 3 is 2.08 bits per heavy atom. The highest BCUT2D eigenvalue weighted by Crippen LogP contribution is 2.11. The van der Waals surface area contributed by atoms with Gasteiger partial charge in [0.25, 0.3) is 0 Å². The lowest BCUT2D eigenvalue weighted by molar-refractivity contribution is -0.112. The van der Waals surface area contributed by atoms with Gasteiger partial charge in [-0.1, -0.05) is 30.3 Å². The van der Waals surface area contributed by atoms with E-state index in [1.54, 1.807) is 12.1 Å². The fourth-order valence-corrected chi connectivity index (χ4v) is 0.917. The number of benzene rings is 1. The third-order valence-corrected chi connectivity index (χ3v) is 1.64. The van der Waals surface area contributed by atoms with Crippen LogP contribution in [-0.2, 0) is 4.79 Å². The van der Waals surface area contributed by atoms with Gasteiger partial charge in [0.15, 0.2) is 0 Å². The Labute approximate surface area is 94.3 Å². The lowest BCUT2D eigenvalue weighted by Crippen LogP contribution is -2.16. The van der Waals surface area contributed by atoms with Crippen molar-refractivity contribution in [3.63, 3.8) is 0 Å². The monoisotopic (exact) mass is 241 g/mol. The molecule has 1 unspecified atom stereocenters. The summed E-state index contributed by atoms with van der Waals surface area (Å²) >= 11 is 5.20. The molecule has 1 rings (SSSR count). The molecule has 0 amide bonds. The van der Waals surface area contributed by atoms with Crippen molar-refractivity contribution >= 4 is 41.7 Å². The molecule has 1 atom stereocenters. The van der Waals surface area contributed by atoms with Crippen LogP contribution in [0.5, 0.6) is 0 Å². The first-order valence-electron chi connectivity index (χ1n) is 3.21. The lowest BCUT2D eigenvalue weighted by Gasteiger charge is -2.04.